The van der Waals surface area contributed by atoms with Crippen molar-refractivity contribution in [1.29, 1.82) is 0 Å². The Balaban J connectivity index is 0.000000209. The van der Waals surface area contributed by atoms with Gasteiger partial charge in [-0.3, -0.25) is 14.6 Å². The maximum absolute atomic E-state index is 12.4. The molecule has 0 spiro atoms. The van der Waals surface area contributed by atoms with E-state index in [1.165, 1.54) is 9.80 Å². The van der Waals surface area contributed by atoms with Crippen LogP contribution in [0.3, 0.4) is 0 Å². The third-order valence-electron chi connectivity index (χ3n) is 7.67. The normalized spacial score (nSPS) is 17.8. The van der Waals surface area contributed by atoms with E-state index in [1.54, 1.807) is 31.4 Å². The number of benzene rings is 2. The predicted octanol–water partition coefficient (Wildman–Crippen LogP) is 4.38. The molecule has 2 aromatic carbocycles. The third kappa shape index (κ3) is 9.29. The number of pyridine rings is 1. The highest BCUT2D eigenvalue weighted by Gasteiger charge is 2.32. The highest BCUT2D eigenvalue weighted by molar-refractivity contribution is 5.94. The fraction of sp³-hybridized carbons (Fsp3) is 0.364. The van der Waals surface area contributed by atoms with Gasteiger partial charge >= 0.3 is 12.2 Å². The Hall–Kier alpha value is -4.93. The van der Waals surface area contributed by atoms with Gasteiger partial charge in [0, 0.05) is 70.2 Å². The number of carbonyl (C=O) groups excluding carboxylic acids is 4. The van der Waals surface area contributed by atoms with Crippen molar-refractivity contribution in [3.63, 3.8) is 0 Å². The van der Waals surface area contributed by atoms with Gasteiger partial charge in [-0.1, -0.05) is 60.7 Å². The van der Waals surface area contributed by atoms with E-state index in [0.717, 1.165) is 23.2 Å². The van der Waals surface area contributed by atoms with Crippen molar-refractivity contribution in [1.82, 2.24) is 20.1 Å². The van der Waals surface area contributed by atoms with Gasteiger partial charge < -0.3 is 29.5 Å². The highest BCUT2D eigenvalue weighted by atomic mass is 16.6. The van der Waals surface area contributed by atoms with Crippen LogP contribution in [0.5, 0.6) is 0 Å². The molecular weight excluding hydrogens is 562 g/mol. The van der Waals surface area contributed by atoms with Gasteiger partial charge in [0.2, 0.25) is 11.8 Å². The number of carbonyl (C=O) groups is 4. The molecule has 11 nitrogen and oxygen atoms in total. The molecule has 2 atom stereocenters. The molecule has 0 saturated carbocycles. The van der Waals surface area contributed by atoms with E-state index in [2.05, 4.69) is 10.3 Å². The van der Waals surface area contributed by atoms with Gasteiger partial charge in [0.15, 0.2) is 0 Å². The molecule has 2 fully saturated rings. The maximum Gasteiger partial charge on any atom is 0.410 e. The fourth-order valence-corrected chi connectivity index (χ4v) is 4.98. The molecule has 2 saturated heterocycles. The second kappa shape index (κ2) is 16.1. The molecule has 44 heavy (non-hydrogen) atoms. The van der Waals surface area contributed by atoms with Gasteiger partial charge in [0.1, 0.15) is 13.2 Å². The van der Waals surface area contributed by atoms with Crippen molar-refractivity contribution in [2.45, 2.75) is 51.0 Å². The maximum atomic E-state index is 12.4. The molecular formula is C33H39N5O6. The smallest absolute Gasteiger partial charge is 0.410 e. The van der Waals surface area contributed by atoms with E-state index in [1.807, 2.05) is 72.8 Å². The van der Waals surface area contributed by atoms with Crippen molar-refractivity contribution < 1.29 is 28.7 Å². The molecule has 3 aromatic rings. The number of ether oxygens (including phenoxy) is 2. The van der Waals surface area contributed by atoms with E-state index in [4.69, 9.17) is 9.47 Å². The summed E-state index contributed by atoms with van der Waals surface area (Å²) in [5.74, 6) is -0.0101. The minimum atomic E-state index is -0.404. The van der Waals surface area contributed by atoms with E-state index in [-0.39, 0.29) is 43.2 Å². The van der Waals surface area contributed by atoms with Crippen LogP contribution >= 0.6 is 0 Å². The molecule has 232 valence electrons. The molecule has 1 aromatic heterocycles. The average Bonchev–Trinajstić information content (AvgIpc) is 3.07. The highest BCUT2D eigenvalue weighted by Crippen LogP contribution is 2.23. The van der Waals surface area contributed by atoms with E-state index >= 15 is 0 Å². The second-order valence-corrected chi connectivity index (χ2v) is 10.7. The zero-order chi connectivity index (χ0) is 31.3. The fourth-order valence-electron chi connectivity index (χ4n) is 4.98. The number of rotatable bonds is 7. The zero-order valence-electron chi connectivity index (χ0n) is 25.1. The van der Waals surface area contributed by atoms with Crippen molar-refractivity contribution in [2.75, 3.05) is 32.1 Å². The number of anilines is 1. The number of nitrogens with zero attached hydrogens (tertiary/aromatic N) is 4. The minimum Gasteiger partial charge on any atom is -0.445 e. The summed E-state index contributed by atoms with van der Waals surface area (Å²) in [6.07, 6.45) is 4.66. The average molecular weight is 602 g/mol. The lowest BCUT2D eigenvalue weighted by atomic mass is 10.0. The Kier molecular flexibility index (Phi) is 11.7. The van der Waals surface area contributed by atoms with Gasteiger partial charge in [0.05, 0.1) is 0 Å². The Labute approximate surface area is 257 Å². The van der Waals surface area contributed by atoms with E-state index in [9.17, 15) is 19.2 Å². The molecule has 2 aliphatic rings. The first-order valence-electron chi connectivity index (χ1n) is 14.7. The SMILES string of the molecule is CN(C(=O)OCc1ccccc1)C1CCN(c2ccncc2)C(=O)C1.CN(C(=O)OCc1ccccc1)C1CCNC(=O)C1. The van der Waals surface area contributed by atoms with Gasteiger partial charge in [-0.05, 0) is 36.1 Å². The monoisotopic (exact) mass is 601 g/mol. The van der Waals surface area contributed by atoms with Crippen LogP contribution in [0.4, 0.5) is 15.3 Å². The first kappa shape index (κ1) is 32.0. The molecule has 4 amide bonds. The summed E-state index contributed by atoms with van der Waals surface area (Å²) in [4.78, 5) is 56.6. The lowest BCUT2D eigenvalue weighted by molar-refractivity contribution is -0.123. The second-order valence-electron chi connectivity index (χ2n) is 10.7. The lowest BCUT2D eigenvalue weighted by Gasteiger charge is -2.35. The van der Waals surface area contributed by atoms with Crippen LogP contribution in [0.1, 0.15) is 36.8 Å². The van der Waals surface area contributed by atoms with Crippen LogP contribution in [-0.2, 0) is 32.3 Å². The summed E-state index contributed by atoms with van der Waals surface area (Å²) < 4.78 is 10.6. The van der Waals surface area contributed by atoms with Gasteiger partial charge in [-0.25, -0.2) is 9.59 Å². The lowest BCUT2D eigenvalue weighted by Crippen LogP contribution is -2.48. The number of hydrogen-bond donors (Lipinski definition) is 1. The van der Waals surface area contributed by atoms with Gasteiger partial charge in [-0.2, -0.15) is 0 Å². The minimum absolute atomic E-state index is 0.00478. The summed E-state index contributed by atoms with van der Waals surface area (Å²) in [7, 11) is 3.37. The molecule has 3 heterocycles. The topological polar surface area (TPSA) is 121 Å². The van der Waals surface area contributed by atoms with Crippen LogP contribution in [0.25, 0.3) is 0 Å². The largest absolute Gasteiger partial charge is 0.445 e. The molecule has 0 radical (unpaired) electrons. The van der Waals surface area contributed by atoms with Crippen molar-refractivity contribution in [3.8, 4) is 0 Å². The van der Waals surface area contributed by atoms with Gasteiger partial charge in [-0.15, -0.1) is 0 Å². The first-order valence-corrected chi connectivity index (χ1v) is 14.7. The number of nitrogens with one attached hydrogen (secondary N) is 1. The number of aromatic nitrogens is 1. The first-order chi connectivity index (χ1) is 21.3. The molecule has 0 aliphatic carbocycles. The summed E-state index contributed by atoms with van der Waals surface area (Å²) >= 11 is 0. The number of amides is 4. The number of hydrogen-bond acceptors (Lipinski definition) is 7. The summed E-state index contributed by atoms with van der Waals surface area (Å²) in [5, 5.41) is 2.75. The predicted molar refractivity (Wildman–Crippen MR) is 164 cm³/mol. The molecule has 5 rings (SSSR count). The molecule has 0 bridgehead atoms. The third-order valence-corrected chi connectivity index (χ3v) is 7.67. The van der Waals surface area contributed by atoms with Gasteiger partial charge in [0.25, 0.3) is 0 Å². The van der Waals surface area contributed by atoms with E-state index < -0.39 is 6.09 Å². The van der Waals surface area contributed by atoms with Crippen LogP contribution in [0.2, 0.25) is 0 Å². The Morgan fingerprint density at radius 3 is 1.82 bits per heavy atom. The molecule has 11 heteroatoms. The Bertz CT molecular complexity index is 1380. The van der Waals surface area contributed by atoms with Crippen LogP contribution in [0, 0.1) is 0 Å². The standard InChI is InChI=1S/C19H21N3O3.C14H18N2O3/c1-21(19(24)25-14-15-5-3-2-4-6-15)17-9-12-22(18(23)13-17)16-7-10-20-11-8-16;1-16(12-7-8-15-13(17)9-12)14(18)19-10-11-5-3-2-4-6-11/h2-8,10-11,17H,9,12-14H2,1H3;2-6,12H,7-10H2,1H3,(H,15,17). The molecule has 2 unspecified atom stereocenters. The van der Waals surface area contributed by atoms with Crippen molar-refractivity contribution in [2.24, 2.45) is 0 Å². The quantitative estimate of drug-likeness (QED) is 0.427. The van der Waals surface area contributed by atoms with Crippen molar-refractivity contribution >= 4 is 29.7 Å². The molecule has 1 N–H and O–H groups in total. The van der Waals surface area contributed by atoms with Crippen LogP contribution in [-0.4, -0.2) is 78.1 Å². The summed E-state index contributed by atoms with van der Waals surface area (Å²) in [5.41, 5.74) is 2.73. The van der Waals surface area contributed by atoms with E-state index in [0.29, 0.717) is 32.4 Å². The zero-order valence-corrected chi connectivity index (χ0v) is 25.1. The Morgan fingerprint density at radius 1 is 0.795 bits per heavy atom. The Morgan fingerprint density at radius 2 is 1.32 bits per heavy atom. The number of piperidine rings is 2. The summed E-state index contributed by atoms with van der Waals surface area (Å²) in [6, 6.07) is 22.5. The molecule has 2 aliphatic heterocycles. The van der Waals surface area contributed by atoms with Crippen LogP contribution in [0.15, 0.2) is 85.2 Å². The van der Waals surface area contributed by atoms with Crippen LogP contribution < -0.4 is 10.2 Å². The summed E-state index contributed by atoms with van der Waals surface area (Å²) in [6.45, 7) is 1.67. The van der Waals surface area contributed by atoms with Crippen molar-refractivity contribution in [3.05, 3.63) is 96.3 Å².